The van der Waals surface area contributed by atoms with Crippen molar-refractivity contribution in [3.05, 3.63) is 29.8 Å². The smallest absolute Gasteiger partial charge is 0.120 e. The van der Waals surface area contributed by atoms with Crippen LogP contribution in [-0.4, -0.2) is 23.2 Å². The molecule has 0 saturated heterocycles. The van der Waals surface area contributed by atoms with Gasteiger partial charge in [-0.15, -0.1) is 0 Å². The van der Waals surface area contributed by atoms with Crippen LogP contribution in [0.1, 0.15) is 25.5 Å². The Morgan fingerprint density at radius 3 is 2.60 bits per heavy atom. The minimum absolute atomic E-state index is 0.188. The van der Waals surface area contributed by atoms with E-state index >= 15 is 0 Å². The molecule has 0 aliphatic carbocycles. The van der Waals surface area contributed by atoms with Gasteiger partial charge in [-0.3, -0.25) is 0 Å². The number of para-hydroxylation sites is 1. The molecule has 15 heavy (non-hydrogen) atoms. The zero-order chi connectivity index (χ0) is 11.3. The van der Waals surface area contributed by atoms with Crippen LogP contribution in [0.4, 0.5) is 0 Å². The molecular weight excluding hydrogens is 206 g/mol. The van der Waals surface area contributed by atoms with Crippen LogP contribution in [0.3, 0.4) is 0 Å². The summed E-state index contributed by atoms with van der Waals surface area (Å²) in [4.78, 5) is 0. The summed E-state index contributed by atoms with van der Waals surface area (Å²) in [6, 6.07) is 8.12. The third-order valence-corrected chi connectivity index (χ3v) is 3.19. The van der Waals surface area contributed by atoms with Crippen LogP contribution in [0, 0.1) is 0 Å². The van der Waals surface area contributed by atoms with Gasteiger partial charge in [0.15, 0.2) is 0 Å². The summed E-state index contributed by atoms with van der Waals surface area (Å²) in [6.45, 7) is 4.23. The molecule has 1 rings (SSSR count). The number of hydrogen-bond donors (Lipinski definition) is 2. The lowest BCUT2D eigenvalue weighted by atomic mass is 10.1. The average Bonchev–Trinajstić information content (AvgIpc) is 2.18. The first-order valence-electron chi connectivity index (χ1n) is 5.18. The first-order chi connectivity index (χ1) is 7.15. The van der Waals surface area contributed by atoms with Crippen molar-refractivity contribution >= 4 is 11.8 Å². The number of thioether (sulfide) groups is 1. The zero-order valence-electron chi connectivity index (χ0n) is 9.53. The SMILES string of the molecule is CSCC(C)NC(C)c1ccccc1O. The molecule has 2 unspecified atom stereocenters. The van der Waals surface area contributed by atoms with Gasteiger partial charge in [0, 0.05) is 23.4 Å². The summed E-state index contributed by atoms with van der Waals surface area (Å²) >= 11 is 1.83. The highest BCUT2D eigenvalue weighted by atomic mass is 32.2. The van der Waals surface area contributed by atoms with Crippen LogP contribution < -0.4 is 5.32 Å². The molecule has 0 spiro atoms. The number of nitrogens with one attached hydrogen (secondary N) is 1. The molecule has 0 radical (unpaired) electrons. The topological polar surface area (TPSA) is 32.3 Å². The second-order valence-corrected chi connectivity index (χ2v) is 4.71. The normalized spacial score (nSPS) is 14.9. The van der Waals surface area contributed by atoms with Gasteiger partial charge in [-0.25, -0.2) is 0 Å². The highest BCUT2D eigenvalue weighted by Crippen LogP contribution is 2.23. The van der Waals surface area contributed by atoms with E-state index in [0.29, 0.717) is 11.8 Å². The molecular formula is C12H19NOS. The van der Waals surface area contributed by atoms with Crippen molar-refractivity contribution in [2.24, 2.45) is 0 Å². The molecule has 84 valence electrons. The van der Waals surface area contributed by atoms with Crippen LogP contribution in [0.2, 0.25) is 0 Å². The second kappa shape index (κ2) is 6.03. The monoisotopic (exact) mass is 225 g/mol. The Morgan fingerprint density at radius 2 is 2.00 bits per heavy atom. The molecule has 0 aliphatic heterocycles. The maximum atomic E-state index is 9.68. The average molecular weight is 225 g/mol. The molecule has 2 nitrogen and oxygen atoms in total. The Labute approximate surface area is 96.1 Å². The Morgan fingerprint density at radius 1 is 1.33 bits per heavy atom. The lowest BCUT2D eigenvalue weighted by Gasteiger charge is -2.20. The van der Waals surface area contributed by atoms with Crippen LogP contribution in [0.5, 0.6) is 5.75 Å². The summed E-state index contributed by atoms with van der Waals surface area (Å²) in [7, 11) is 0. The second-order valence-electron chi connectivity index (χ2n) is 3.80. The number of aromatic hydroxyl groups is 1. The van der Waals surface area contributed by atoms with Gasteiger partial charge >= 0.3 is 0 Å². The molecule has 0 heterocycles. The van der Waals surface area contributed by atoms with Gasteiger partial charge in [0.2, 0.25) is 0 Å². The van der Waals surface area contributed by atoms with E-state index < -0.39 is 0 Å². The lowest BCUT2D eigenvalue weighted by Crippen LogP contribution is -2.30. The van der Waals surface area contributed by atoms with Gasteiger partial charge in [-0.2, -0.15) is 11.8 Å². The van der Waals surface area contributed by atoms with E-state index in [0.717, 1.165) is 11.3 Å². The van der Waals surface area contributed by atoms with Gasteiger partial charge in [-0.05, 0) is 26.2 Å². The van der Waals surface area contributed by atoms with Crippen LogP contribution in [-0.2, 0) is 0 Å². The quantitative estimate of drug-likeness (QED) is 0.808. The number of phenols is 1. The maximum absolute atomic E-state index is 9.68. The number of benzene rings is 1. The van der Waals surface area contributed by atoms with E-state index in [-0.39, 0.29) is 6.04 Å². The number of rotatable bonds is 5. The molecule has 1 aromatic carbocycles. The summed E-state index contributed by atoms with van der Waals surface area (Å²) < 4.78 is 0. The Hall–Kier alpha value is -0.670. The molecule has 0 aromatic heterocycles. The fourth-order valence-electron chi connectivity index (χ4n) is 1.67. The standard InChI is InChI=1S/C12H19NOS/c1-9(8-15-3)13-10(2)11-6-4-5-7-12(11)14/h4-7,9-10,13-14H,8H2,1-3H3. The third kappa shape index (κ3) is 3.76. The molecule has 0 amide bonds. The Kier molecular flexibility index (Phi) is 4.99. The third-order valence-electron chi connectivity index (χ3n) is 2.35. The van der Waals surface area contributed by atoms with Crippen LogP contribution in [0.15, 0.2) is 24.3 Å². The van der Waals surface area contributed by atoms with Crippen molar-refractivity contribution in [1.82, 2.24) is 5.32 Å². The van der Waals surface area contributed by atoms with Crippen molar-refractivity contribution < 1.29 is 5.11 Å². The molecule has 2 atom stereocenters. The predicted molar refractivity (Wildman–Crippen MR) is 67.5 cm³/mol. The minimum Gasteiger partial charge on any atom is -0.508 e. The summed E-state index contributed by atoms with van der Waals surface area (Å²) in [6.07, 6.45) is 2.10. The first-order valence-corrected chi connectivity index (χ1v) is 6.57. The summed E-state index contributed by atoms with van der Waals surface area (Å²) in [5.74, 6) is 1.45. The largest absolute Gasteiger partial charge is 0.508 e. The highest BCUT2D eigenvalue weighted by Gasteiger charge is 2.11. The van der Waals surface area contributed by atoms with Crippen LogP contribution >= 0.6 is 11.8 Å². The molecule has 1 aromatic rings. The van der Waals surface area contributed by atoms with Crippen molar-refractivity contribution in [2.45, 2.75) is 25.9 Å². The van der Waals surface area contributed by atoms with Crippen molar-refractivity contribution in [3.63, 3.8) is 0 Å². The van der Waals surface area contributed by atoms with E-state index in [9.17, 15) is 5.11 Å². The Bertz CT molecular complexity index is 303. The molecule has 0 fully saturated rings. The number of hydrogen-bond acceptors (Lipinski definition) is 3. The summed E-state index contributed by atoms with van der Waals surface area (Å²) in [5.41, 5.74) is 0.963. The minimum atomic E-state index is 0.188. The van der Waals surface area contributed by atoms with Gasteiger partial charge in [0.05, 0.1) is 0 Å². The van der Waals surface area contributed by atoms with Crippen molar-refractivity contribution in [1.29, 1.82) is 0 Å². The van der Waals surface area contributed by atoms with Gasteiger partial charge in [0.1, 0.15) is 5.75 Å². The van der Waals surface area contributed by atoms with E-state index in [4.69, 9.17) is 0 Å². The molecule has 0 saturated carbocycles. The summed E-state index contributed by atoms with van der Waals surface area (Å²) in [5, 5.41) is 13.1. The van der Waals surface area contributed by atoms with Gasteiger partial charge in [0.25, 0.3) is 0 Å². The zero-order valence-corrected chi connectivity index (χ0v) is 10.3. The molecule has 2 N–H and O–H groups in total. The Balaban J connectivity index is 2.61. The lowest BCUT2D eigenvalue weighted by molar-refractivity contribution is 0.443. The van der Waals surface area contributed by atoms with Crippen LogP contribution in [0.25, 0.3) is 0 Å². The van der Waals surface area contributed by atoms with E-state index in [1.165, 1.54) is 0 Å². The van der Waals surface area contributed by atoms with E-state index in [1.54, 1.807) is 6.07 Å². The molecule has 0 aliphatic rings. The highest BCUT2D eigenvalue weighted by molar-refractivity contribution is 7.98. The first kappa shape index (κ1) is 12.4. The van der Waals surface area contributed by atoms with E-state index in [2.05, 4.69) is 25.4 Å². The fourth-order valence-corrected chi connectivity index (χ4v) is 2.26. The number of phenolic OH excluding ortho intramolecular Hbond substituents is 1. The maximum Gasteiger partial charge on any atom is 0.120 e. The van der Waals surface area contributed by atoms with Crippen molar-refractivity contribution in [3.8, 4) is 5.75 Å². The fraction of sp³-hybridized carbons (Fsp3) is 0.500. The predicted octanol–water partition coefficient (Wildman–Crippen LogP) is 2.79. The van der Waals surface area contributed by atoms with Gasteiger partial charge in [-0.1, -0.05) is 18.2 Å². The molecule has 3 heteroatoms. The van der Waals surface area contributed by atoms with Crippen molar-refractivity contribution in [2.75, 3.05) is 12.0 Å². The molecule has 0 bridgehead atoms. The van der Waals surface area contributed by atoms with E-state index in [1.807, 2.05) is 30.0 Å². The van der Waals surface area contributed by atoms with Gasteiger partial charge < -0.3 is 10.4 Å².